The summed E-state index contributed by atoms with van der Waals surface area (Å²) in [5, 5.41) is 11.5. The molecule has 8 rings (SSSR count). The van der Waals surface area contributed by atoms with Gasteiger partial charge < -0.3 is 24.1 Å². The highest BCUT2D eigenvalue weighted by Gasteiger charge is 2.44. The number of aliphatic hydroxyl groups is 1. The van der Waals surface area contributed by atoms with Crippen LogP contribution in [-0.2, 0) is 11.0 Å². The predicted octanol–water partition coefficient (Wildman–Crippen LogP) is 9.55. The highest BCUT2D eigenvalue weighted by molar-refractivity contribution is 6.08. The van der Waals surface area contributed by atoms with Crippen LogP contribution in [0.1, 0.15) is 41.7 Å². The van der Waals surface area contributed by atoms with Crippen LogP contribution in [0.2, 0.25) is 0 Å². The van der Waals surface area contributed by atoms with E-state index in [9.17, 15) is 5.11 Å². The molecule has 1 aliphatic heterocycles. The van der Waals surface area contributed by atoms with Gasteiger partial charge in [-0.3, -0.25) is 0 Å². The van der Waals surface area contributed by atoms with Crippen molar-refractivity contribution in [2.45, 2.75) is 24.9 Å². The molecule has 0 fully saturated rings. The van der Waals surface area contributed by atoms with Gasteiger partial charge in [-0.1, -0.05) is 92.7 Å². The summed E-state index contributed by atoms with van der Waals surface area (Å²) in [5.74, 6) is 3.19. The lowest BCUT2D eigenvalue weighted by Crippen LogP contribution is -2.35. The molecule has 5 heteroatoms. The summed E-state index contributed by atoms with van der Waals surface area (Å²) >= 11 is 0. The van der Waals surface area contributed by atoms with Crippen molar-refractivity contribution in [2.75, 3.05) is 27.4 Å². The first kappa shape index (κ1) is 30.8. The molecular weight excluding hydrogens is 608 g/mol. The Labute approximate surface area is 287 Å². The van der Waals surface area contributed by atoms with Crippen LogP contribution in [-0.4, -0.2) is 32.5 Å². The molecule has 1 aliphatic carbocycles. The maximum Gasteiger partial charge on any atom is 0.178 e. The molecule has 1 unspecified atom stereocenters. The molecule has 6 aromatic rings. The van der Waals surface area contributed by atoms with Crippen LogP contribution in [0.5, 0.6) is 23.0 Å². The molecule has 0 bridgehead atoms. The summed E-state index contributed by atoms with van der Waals surface area (Å²) in [4.78, 5) is 0. The summed E-state index contributed by atoms with van der Waals surface area (Å²) in [5.41, 5.74) is 9.28. The SMILES string of the molecule is COc1ccc(-c2ccc3c(c2)C(C)(C)c2c4c(c5ccccc5c2-3)OC(c2ccc(OC)cc2)(c2ccc(OCCO)cc2)C=C4)cc1. The van der Waals surface area contributed by atoms with Crippen molar-refractivity contribution in [1.29, 1.82) is 0 Å². The van der Waals surface area contributed by atoms with Gasteiger partial charge in [-0.15, -0.1) is 0 Å². The van der Waals surface area contributed by atoms with Gasteiger partial charge in [0.1, 0.15) is 29.6 Å². The van der Waals surface area contributed by atoms with E-state index in [4.69, 9.17) is 18.9 Å². The fourth-order valence-electron chi connectivity index (χ4n) is 7.68. The van der Waals surface area contributed by atoms with Crippen molar-refractivity contribution in [3.63, 3.8) is 0 Å². The fourth-order valence-corrected chi connectivity index (χ4v) is 7.68. The molecule has 1 atom stereocenters. The summed E-state index contributed by atoms with van der Waals surface area (Å²) in [6, 6.07) is 39.8. The van der Waals surface area contributed by atoms with E-state index in [2.05, 4.69) is 92.7 Å². The summed E-state index contributed by atoms with van der Waals surface area (Å²) in [6.45, 7) is 4.85. The van der Waals surface area contributed by atoms with Gasteiger partial charge in [0.15, 0.2) is 5.60 Å². The van der Waals surface area contributed by atoms with Gasteiger partial charge in [-0.05, 0) is 87.3 Å². The van der Waals surface area contributed by atoms with Crippen molar-refractivity contribution in [3.8, 4) is 45.3 Å². The third-order valence-electron chi connectivity index (χ3n) is 10.1. The van der Waals surface area contributed by atoms with Crippen LogP contribution >= 0.6 is 0 Å². The lowest BCUT2D eigenvalue weighted by molar-refractivity contribution is 0.163. The second-order valence-corrected chi connectivity index (χ2v) is 13.1. The zero-order chi connectivity index (χ0) is 33.8. The Morgan fingerprint density at radius 1 is 0.673 bits per heavy atom. The third-order valence-corrected chi connectivity index (χ3v) is 10.1. The minimum absolute atomic E-state index is 0.0411. The summed E-state index contributed by atoms with van der Waals surface area (Å²) < 4.78 is 24.0. The maximum atomic E-state index is 9.27. The monoisotopic (exact) mass is 646 g/mol. The van der Waals surface area contributed by atoms with Gasteiger partial charge in [0.25, 0.3) is 0 Å². The number of fused-ring (bicyclic) bond motifs is 8. The van der Waals surface area contributed by atoms with Crippen molar-refractivity contribution in [1.82, 2.24) is 0 Å². The molecule has 49 heavy (non-hydrogen) atoms. The van der Waals surface area contributed by atoms with E-state index in [1.807, 2.05) is 48.5 Å². The molecule has 0 saturated heterocycles. The number of aliphatic hydroxyl groups excluding tert-OH is 1. The molecule has 0 amide bonds. The second kappa shape index (κ2) is 11.9. The quantitative estimate of drug-likeness (QED) is 0.179. The normalized spacial score (nSPS) is 16.8. The first-order chi connectivity index (χ1) is 23.9. The highest BCUT2D eigenvalue weighted by Crippen LogP contribution is 2.58. The van der Waals surface area contributed by atoms with Crippen molar-refractivity contribution >= 4 is 16.8 Å². The van der Waals surface area contributed by atoms with Gasteiger partial charge in [0, 0.05) is 27.5 Å². The van der Waals surface area contributed by atoms with E-state index in [1.54, 1.807) is 14.2 Å². The van der Waals surface area contributed by atoms with Gasteiger partial charge in [0.2, 0.25) is 0 Å². The van der Waals surface area contributed by atoms with Crippen LogP contribution in [0.15, 0.2) is 121 Å². The summed E-state index contributed by atoms with van der Waals surface area (Å²) in [7, 11) is 3.37. The highest BCUT2D eigenvalue weighted by atomic mass is 16.5. The smallest absolute Gasteiger partial charge is 0.178 e. The number of hydrogen-bond donors (Lipinski definition) is 1. The third kappa shape index (κ3) is 4.88. The number of hydrogen-bond acceptors (Lipinski definition) is 5. The molecule has 0 spiro atoms. The molecule has 0 saturated carbocycles. The van der Waals surface area contributed by atoms with Crippen LogP contribution in [0.4, 0.5) is 0 Å². The molecule has 6 aromatic carbocycles. The maximum absolute atomic E-state index is 9.27. The van der Waals surface area contributed by atoms with Gasteiger partial charge in [-0.2, -0.15) is 0 Å². The number of methoxy groups -OCH3 is 2. The Balaban J connectivity index is 1.32. The molecular formula is C44H38O5. The Morgan fingerprint density at radius 2 is 1.27 bits per heavy atom. The fraction of sp³-hybridized carbons (Fsp3) is 0.182. The van der Waals surface area contributed by atoms with Crippen LogP contribution in [0, 0.1) is 0 Å². The zero-order valence-electron chi connectivity index (χ0n) is 28.1. The molecule has 1 heterocycles. The lowest BCUT2D eigenvalue weighted by atomic mass is 9.76. The molecule has 5 nitrogen and oxygen atoms in total. The second-order valence-electron chi connectivity index (χ2n) is 13.1. The van der Waals surface area contributed by atoms with Crippen LogP contribution in [0.25, 0.3) is 39.1 Å². The Kier molecular flexibility index (Phi) is 7.46. The molecule has 244 valence electrons. The molecule has 2 aliphatic rings. The number of rotatable bonds is 8. The van der Waals surface area contributed by atoms with Crippen LogP contribution in [0.3, 0.4) is 0 Å². The molecule has 0 radical (unpaired) electrons. The largest absolute Gasteiger partial charge is 0.497 e. The van der Waals surface area contributed by atoms with E-state index < -0.39 is 5.60 Å². The zero-order valence-corrected chi connectivity index (χ0v) is 28.1. The van der Waals surface area contributed by atoms with Crippen LogP contribution < -0.4 is 18.9 Å². The predicted molar refractivity (Wildman–Crippen MR) is 196 cm³/mol. The number of ether oxygens (including phenoxy) is 4. The minimum atomic E-state index is -0.914. The van der Waals surface area contributed by atoms with Crippen molar-refractivity contribution < 1.29 is 24.1 Å². The Hall–Kier alpha value is -5.52. The average molecular weight is 647 g/mol. The van der Waals surface area contributed by atoms with Crippen molar-refractivity contribution in [3.05, 3.63) is 149 Å². The van der Waals surface area contributed by atoms with Gasteiger partial charge >= 0.3 is 0 Å². The number of benzene rings is 6. The molecule has 0 aromatic heterocycles. The Morgan fingerprint density at radius 3 is 1.90 bits per heavy atom. The topological polar surface area (TPSA) is 57.2 Å². The minimum Gasteiger partial charge on any atom is -0.497 e. The van der Waals surface area contributed by atoms with Crippen molar-refractivity contribution in [2.24, 2.45) is 0 Å². The van der Waals surface area contributed by atoms with E-state index in [0.717, 1.165) is 44.9 Å². The van der Waals surface area contributed by atoms with Gasteiger partial charge in [-0.25, -0.2) is 0 Å². The Bertz CT molecular complexity index is 2210. The lowest BCUT2D eigenvalue weighted by Gasteiger charge is -2.38. The van der Waals surface area contributed by atoms with E-state index in [-0.39, 0.29) is 18.6 Å². The van der Waals surface area contributed by atoms with E-state index >= 15 is 0 Å². The standard InChI is InChI=1S/C44H38O5/c1-43(2)39-27-29(28-9-16-32(46-3)17-10-28)11-22-37(39)40-35-7-5-6-8-36(35)42-38(41(40)43)23-24-44(49-42,30-12-18-33(47-4)19-13-30)31-14-20-34(21-15-31)48-26-25-45/h5-24,27,45H,25-26H2,1-4H3. The molecule has 1 N–H and O–H groups in total. The van der Waals surface area contributed by atoms with Gasteiger partial charge in [0.05, 0.1) is 20.8 Å². The first-order valence-electron chi connectivity index (χ1n) is 16.6. The average Bonchev–Trinajstić information content (AvgIpc) is 3.40. The van der Waals surface area contributed by atoms with E-state index in [0.29, 0.717) is 5.75 Å². The summed E-state index contributed by atoms with van der Waals surface area (Å²) in [6.07, 6.45) is 4.46. The first-order valence-corrected chi connectivity index (χ1v) is 16.6. The van der Waals surface area contributed by atoms with E-state index in [1.165, 1.54) is 33.2 Å².